The zero-order valence-electron chi connectivity index (χ0n) is 14.6. The van der Waals surface area contributed by atoms with Gasteiger partial charge < -0.3 is 14.8 Å². The second kappa shape index (κ2) is 11.0. The Kier molecular flexibility index (Phi) is 8.99. The fraction of sp³-hybridized carbons (Fsp3) is 0.529. The molecular formula is C17H24N2O6. The lowest BCUT2D eigenvalue weighted by molar-refractivity contribution is -0.385. The number of amides is 1. The van der Waals surface area contributed by atoms with E-state index < -0.39 is 10.9 Å². The quantitative estimate of drug-likeness (QED) is 0.284. The number of carbonyl (C=O) groups excluding carboxylic acids is 2. The molecule has 1 aromatic carbocycles. The number of nitrogens with zero attached hydrogens (tertiary/aromatic N) is 1. The molecule has 8 heteroatoms. The van der Waals surface area contributed by atoms with Gasteiger partial charge in [0.05, 0.1) is 24.1 Å². The van der Waals surface area contributed by atoms with Gasteiger partial charge in [-0.2, -0.15) is 0 Å². The first kappa shape index (κ1) is 20.4. The summed E-state index contributed by atoms with van der Waals surface area (Å²) in [7, 11) is 1.31. The average Bonchev–Trinajstić information content (AvgIpc) is 2.61. The minimum Gasteiger partial charge on any atom is -0.490 e. The van der Waals surface area contributed by atoms with Crippen LogP contribution in [0.4, 0.5) is 5.69 Å². The van der Waals surface area contributed by atoms with Crippen LogP contribution >= 0.6 is 0 Å². The Morgan fingerprint density at radius 3 is 2.64 bits per heavy atom. The number of rotatable bonds is 11. The van der Waals surface area contributed by atoms with Crippen molar-refractivity contribution in [2.75, 3.05) is 20.3 Å². The van der Waals surface area contributed by atoms with Gasteiger partial charge in [-0.1, -0.05) is 26.2 Å². The number of esters is 1. The molecule has 8 nitrogen and oxygen atoms in total. The van der Waals surface area contributed by atoms with Gasteiger partial charge in [0.1, 0.15) is 6.61 Å². The van der Waals surface area contributed by atoms with Crippen LogP contribution in [0.5, 0.6) is 5.75 Å². The summed E-state index contributed by atoms with van der Waals surface area (Å²) in [5.74, 6) is -0.702. The monoisotopic (exact) mass is 352 g/mol. The Labute approximate surface area is 146 Å². The predicted octanol–water partition coefficient (Wildman–Crippen LogP) is 2.85. The lowest BCUT2D eigenvalue weighted by Gasteiger charge is -2.08. The Hall–Kier alpha value is -2.64. The molecule has 0 aliphatic carbocycles. The maximum Gasteiger partial charge on any atom is 0.338 e. The van der Waals surface area contributed by atoms with E-state index in [1.807, 2.05) is 0 Å². The molecule has 0 aliphatic rings. The highest BCUT2D eigenvalue weighted by atomic mass is 16.6. The van der Waals surface area contributed by atoms with Crippen molar-refractivity contribution in [3.8, 4) is 5.75 Å². The Morgan fingerprint density at radius 2 is 2.00 bits per heavy atom. The molecule has 25 heavy (non-hydrogen) atoms. The lowest BCUT2D eigenvalue weighted by Crippen LogP contribution is -2.27. The number of hydrogen-bond acceptors (Lipinski definition) is 6. The molecule has 1 amide bonds. The third-order valence-corrected chi connectivity index (χ3v) is 3.53. The van der Waals surface area contributed by atoms with Gasteiger partial charge in [0.25, 0.3) is 0 Å². The van der Waals surface area contributed by atoms with Gasteiger partial charge in [-0.3, -0.25) is 14.9 Å². The normalized spacial score (nSPS) is 10.2. The highest BCUT2D eigenvalue weighted by Crippen LogP contribution is 2.27. The van der Waals surface area contributed by atoms with Crippen LogP contribution in [0.25, 0.3) is 0 Å². The van der Waals surface area contributed by atoms with E-state index in [0.29, 0.717) is 6.42 Å². The van der Waals surface area contributed by atoms with Gasteiger partial charge in [-0.15, -0.1) is 0 Å². The molecule has 0 saturated heterocycles. The third-order valence-electron chi connectivity index (χ3n) is 3.53. The summed E-state index contributed by atoms with van der Waals surface area (Å²) in [6, 6.07) is 3.83. The number of ether oxygens (including phenoxy) is 2. The van der Waals surface area contributed by atoms with E-state index in [1.54, 1.807) is 0 Å². The van der Waals surface area contributed by atoms with Crippen molar-refractivity contribution < 1.29 is 24.0 Å². The van der Waals surface area contributed by atoms with E-state index in [0.717, 1.165) is 31.7 Å². The number of methoxy groups -OCH3 is 1. The second-order valence-corrected chi connectivity index (χ2v) is 5.44. The van der Waals surface area contributed by atoms with Crippen molar-refractivity contribution in [3.63, 3.8) is 0 Å². The Morgan fingerprint density at radius 1 is 1.24 bits per heavy atom. The zero-order valence-corrected chi connectivity index (χ0v) is 14.6. The second-order valence-electron chi connectivity index (χ2n) is 5.44. The van der Waals surface area contributed by atoms with Crippen LogP contribution < -0.4 is 10.1 Å². The summed E-state index contributed by atoms with van der Waals surface area (Å²) in [6.45, 7) is 2.31. The number of unbranched alkanes of at least 4 members (excludes halogenated alkanes) is 3. The number of hydrogen-bond donors (Lipinski definition) is 1. The molecule has 0 saturated carbocycles. The van der Waals surface area contributed by atoms with Crippen molar-refractivity contribution in [3.05, 3.63) is 33.9 Å². The molecule has 138 valence electrons. The summed E-state index contributed by atoms with van der Waals surface area (Å²) in [5.41, 5.74) is -0.254. The van der Waals surface area contributed by atoms with Gasteiger partial charge >= 0.3 is 11.7 Å². The largest absolute Gasteiger partial charge is 0.490 e. The van der Waals surface area contributed by atoms with Gasteiger partial charge in [0, 0.05) is 12.5 Å². The fourth-order valence-corrected chi connectivity index (χ4v) is 2.18. The van der Waals surface area contributed by atoms with Crippen LogP contribution in [-0.4, -0.2) is 37.1 Å². The van der Waals surface area contributed by atoms with Gasteiger partial charge in [-0.25, -0.2) is 4.79 Å². The van der Waals surface area contributed by atoms with E-state index in [9.17, 15) is 19.7 Å². The van der Waals surface area contributed by atoms with Gasteiger partial charge in [-0.05, 0) is 18.6 Å². The van der Waals surface area contributed by atoms with Gasteiger partial charge in [0.2, 0.25) is 5.91 Å². The average molecular weight is 352 g/mol. The van der Waals surface area contributed by atoms with Crippen molar-refractivity contribution in [1.29, 1.82) is 0 Å². The zero-order chi connectivity index (χ0) is 18.7. The summed E-state index contributed by atoms with van der Waals surface area (Å²) >= 11 is 0. The topological polar surface area (TPSA) is 108 Å². The molecule has 0 bridgehead atoms. The van der Waals surface area contributed by atoms with Crippen LogP contribution in [0.3, 0.4) is 0 Å². The molecule has 1 aromatic rings. The number of nitro groups is 1. The fourth-order valence-electron chi connectivity index (χ4n) is 2.18. The van der Waals surface area contributed by atoms with E-state index in [1.165, 1.54) is 19.2 Å². The highest BCUT2D eigenvalue weighted by molar-refractivity contribution is 5.90. The molecule has 0 aliphatic heterocycles. The number of nitrogens with one attached hydrogen (secondary N) is 1. The molecule has 0 atom stereocenters. The van der Waals surface area contributed by atoms with Crippen molar-refractivity contribution in [2.45, 2.75) is 39.0 Å². The first-order valence-corrected chi connectivity index (χ1v) is 8.25. The smallest absolute Gasteiger partial charge is 0.338 e. The van der Waals surface area contributed by atoms with Gasteiger partial charge in [0.15, 0.2) is 5.75 Å². The Bertz CT molecular complexity index is 603. The number of nitro benzene ring substituents is 1. The maximum atomic E-state index is 11.9. The molecule has 0 heterocycles. The summed E-state index contributed by atoms with van der Waals surface area (Å²) in [6.07, 6.45) is 4.54. The molecule has 1 N–H and O–H groups in total. The van der Waals surface area contributed by atoms with Crippen LogP contribution in [-0.2, 0) is 9.53 Å². The predicted molar refractivity (Wildman–Crippen MR) is 91.7 cm³/mol. The maximum absolute atomic E-state index is 11.9. The molecular weight excluding hydrogens is 328 g/mol. The molecule has 0 radical (unpaired) electrons. The summed E-state index contributed by atoms with van der Waals surface area (Å²) < 4.78 is 9.89. The molecule has 0 unspecified atom stereocenters. The van der Waals surface area contributed by atoms with E-state index in [-0.39, 0.29) is 36.1 Å². The third kappa shape index (κ3) is 7.19. The lowest BCUT2D eigenvalue weighted by atomic mass is 10.1. The van der Waals surface area contributed by atoms with E-state index in [2.05, 4.69) is 12.2 Å². The summed E-state index contributed by atoms with van der Waals surface area (Å²) in [4.78, 5) is 33.8. The minimum absolute atomic E-state index is 0.000635. The van der Waals surface area contributed by atoms with Crippen LogP contribution in [0.2, 0.25) is 0 Å². The molecule has 0 spiro atoms. The van der Waals surface area contributed by atoms with E-state index >= 15 is 0 Å². The first-order valence-electron chi connectivity index (χ1n) is 8.25. The number of benzene rings is 1. The van der Waals surface area contributed by atoms with Crippen LogP contribution in [0, 0.1) is 10.1 Å². The van der Waals surface area contributed by atoms with Crippen LogP contribution in [0.15, 0.2) is 18.2 Å². The molecule has 1 rings (SSSR count). The van der Waals surface area contributed by atoms with E-state index in [4.69, 9.17) is 9.47 Å². The first-order chi connectivity index (χ1) is 12.0. The van der Waals surface area contributed by atoms with Crippen molar-refractivity contribution in [1.82, 2.24) is 5.32 Å². The van der Waals surface area contributed by atoms with Crippen molar-refractivity contribution >= 4 is 17.6 Å². The SMILES string of the molecule is CCCCCCC(=O)NCCOC(=O)c1ccc(OC)c([N+](=O)[O-])c1. The molecule has 0 fully saturated rings. The highest BCUT2D eigenvalue weighted by Gasteiger charge is 2.18. The molecule has 0 aromatic heterocycles. The van der Waals surface area contributed by atoms with Crippen molar-refractivity contribution in [2.24, 2.45) is 0 Å². The standard InChI is InChI=1S/C17H24N2O6/c1-3-4-5-6-7-16(20)18-10-11-25-17(21)13-8-9-15(24-2)14(12-13)19(22)23/h8-9,12H,3-7,10-11H2,1-2H3,(H,18,20). The Balaban J connectivity index is 2.38. The number of carbonyl (C=O) groups is 2. The van der Waals surface area contributed by atoms with Crippen LogP contribution in [0.1, 0.15) is 49.4 Å². The minimum atomic E-state index is -0.692. The summed E-state index contributed by atoms with van der Waals surface area (Å²) in [5, 5.41) is 13.6.